The summed E-state index contributed by atoms with van der Waals surface area (Å²) in [7, 11) is 0. The molecule has 2 aromatic heterocycles. The van der Waals surface area contributed by atoms with Gasteiger partial charge in [-0.05, 0) is 12.1 Å². The number of para-hydroxylation sites is 1. The molecule has 1 aliphatic rings. The average Bonchev–Trinajstić information content (AvgIpc) is 3.13. The Morgan fingerprint density at radius 2 is 1.87 bits per heavy atom. The van der Waals surface area contributed by atoms with E-state index in [-0.39, 0.29) is 23.0 Å². The number of carbonyl (C=O) groups excluding carboxylic acids is 2. The van der Waals surface area contributed by atoms with Crippen LogP contribution in [0, 0.1) is 10.1 Å². The molecule has 3 aromatic rings. The van der Waals surface area contributed by atoms with Crippen LogP contribution in [0.1, 0.15) is 10.6 Å². The maximum atomic E-state index is 13.0. The van der Waals surface area contributed by atoms with Crippen molar-refractivity contribution in [2.24, 2.45) is 0 Å². The highest BCUT2D eigenvalue weighted by atomic mass is 16.6. The van der Waals surface area contributed by atoms with Gasteiger partial charge in [0.25, 0.3) is 17.2 Å². The van der Waals surface area contributed by atoms with E-state index in [0.717, 1.165) is 22.9 Å². The molecule has 0 radical (unpaired) electrons. The van der Waals surface area contributed by atoms with Crippen molar-refractivity contribution in [1.29, 1.82) is 0 Å². The van der Waals surface area contributed by atoms with Crippen LogP contribution in [0.4, 0.5) is 11.4 Å². The Kier molecular flexibility index (Phi) is 5.50. The number of hydrogen-bond acceptors (Lipinski definition) is 7. The van der Waals surface area contributed by atoms with E-state index in [4.69, 9.17) is 9.15 Å². The molecule has 4 rings (SSSR count). The zero-order valence-electron chi connectivity index (χ0n) is 16.3. The molecule has 0 atom stereocenters. The Morgan fingerprint density at radius 1 is 1.13 bits per heavy atom. The van der Waals surface area contributed by atoms with Gasteiger partial charge in [0.1, 0.15) is 17.8 Å². The van der Waals surface area contributed by atoms with Gasteiger partial charge in [-0.25, -0.2) is 0 Å². The summed E-state index contributed by atoms with van der Waals surface area (Å²) in [6.07, 6.45) is 0.995. The average molecular weight is 426 g/mol. The van der Waals surface area contributed by atoms with Crippen LogP contribution in [0.15, 0.2) is 51.8 Å². The Balaban J connectivity index is 1.64. The number of hydrogen-bond donors (Lipinski definition) is 1. The van der Waals surface area contributed by atoms with Crippen molar-refractivity contribution in [2.45, 2.75) is 6.54 Å². The molecule has 1 aliphatic heterocycles. The van der Waals surface area contributed by atoms with E-state index in [0.29, 0.717) is 37.3 Å². The summed E-state index contributed by atoms with van der Waals surface area (Å²) in [6, 6.07) is 8.94. The van der Waals surface area contributed by atoms with Crippen LogP contribution >= 0.6 is 0 Å². The first-order valence-corrected chi connectivity index (χ1v) is 9.47. The molecule has 31 heavy (non-hydrogen) atoms. The number of rotatable bonds is 5. The van der Waals surface area contributed by atoms with Crippen LogP contribution in [0.3, 0.4) is 0 Å². The number of morpholine rings is 1. The number of ether oxygens (including phenoxy) is 1. The molecule has 0 bridgehead atoms. The molecule has 0 spiro atoms. The molecular formula is C20H18N4O7. The van der Waals surface area contributed by atoms with Crippen LogP contribution in [0.2, 0.25) is 0 Å². The molecule has 1 N–H and O–H groups in total. The lowest BCUT2D eigenvalue weighted by atomic mass is 10.2. The van der Waals surface area contributed by atoms with Gasteiger partial charge in [-0.15, -0.1) is 0 Å². The number of benzene rings is 1. The largest absolute Gasteiger partial charge is 0.449 e. The Morgan fingerprint density at radius 3 is 2.61 bits per heavy atom. The Labute approximate surface area is 175 Å². The summed E-state index contributed by atoms with van der Waals surface area (Å²) < 4.78 is 11.9. The predicted octanol–water partition coefficient (Wildman–Crippen LogP) is 1.61. The number of nitrogens with zero attached hydrogens (tertiary/aromatic N) is 3. The quantitative estimate of drug-likeness (QED) is 0.483. The minimum absolute atomic E-state index is 0.0251. The van der Waals surface area contributed by atoms with Gasteiger partial charge in [-0.3, -0.25) is 29.1 Å². The molecule has 0 unspecified atom stereocenters. The van der Waals surface area contributed by atoms with E-state index < -0.39 is 22.9 Å². The fraction of sp³-hybridized carbons (Fsp3) is 0.250. The number of aromatic nitrogens is 1. The highest BCUT2D eigenvalue weighted by Gasteiger charge is 2.27. The van der Waals surface area contributed by atoms with E-state index in [1.54, 1.807) is 29.2 Å². The maximum absolute atomic E-state index is 13.0. The topological polar surface area (TPSA) is 137 Å². The smallest absolute Gasteiger partial charge is 0.291 e. The minimum atomic E-state index is -0.656. The van der Waals surface area contributed by atoms with E-state index in [1.165, 1.54) is 0 Å². The summed E-state index contributed by atoms with van der Waals surface area (Å²) in [6.45, 7) is 1.14. The van der Waals surface area contributed by atoms with E-state index in [1.807, 2.05) is 0 Å². The van der Waals surface area contributed by atoms with Crippen LogP contribution in [0.5, 0.6) is 0 Å². The van der Waals surface area contributed by atoms with Crippen molar-refractivity contribution in [1.82, 2.24) is 9.47 Å². The number of pyridine rings is 1. The first-order valence-electron chi connectivity index (χ1n) is 9.47. The highest BCUT2D eigenvalue weighted by Crippen LogP contribution is 2.32. The molecule has 11 nitrogen and oxygen atoms in total. The van der Waals surface area contributed by atoms with Gasteiger partial charge < -0.3 is 19.4 Å². The zero-order chi connectivity index (χ0) is 22.0. The summed E-state index contributed by atoms with van der Waals surface area (Å²) in [5, 5.41) is 14.1. The lowest BCUT2D eigenvalue weighted by Gasteiger charge is -2.26. The van der Waals surface area contributed by atoms with Gasteiger partial charge in [0, 0.05) is 30.6 Å². The second-order valence-electron chi connectivity index (χ2n) is 6.87. The fourth-order valence-corrected chi connectivity index (χ4v) is 3.31. The van der Waals surface area contributed by atoms with Crippen molar-refractivity contribution >= 4 is 34.2 Å². The fourth-order valence-electron chi connectivity index (χ4n) is 3.31. The molecule has 1 aromatic carbocycles. The van der Waals surface area contributed by atoms with E-state index >= 15 is 0 Å². The standard InChI is InChI=1S/C20H18N4O7/c25-16(12-23-11-13(24(28)29)5-6-17(23)26)21-18-14-3-1-2-4-15(14)31-19(18)20(27)22-7-9-30-10-8-22/h1-6,11H,7-10,12H2,(H,21,25). The zero-order valence-corrected chi connectivity index (χ0v) is 16.3. The van der Waals surface area contributed by atoms with Gasteiger partial charge in [-0.2, -0.15) is 0 Å². The molecule has 3 heterocycles. The van der Waals surface area contributed by atoms with Gasteiger partial charge in [0.15, 0.2) is 0 Å². The molecule has 160 valence electrons. The number of anilines is 1. The number of fused-ring (bicyclic) bond motifs is 1. The SMILES string of the molecule is O=C(Cn1cc([N+](=O)[O-])ccc1=O)Nc1c(C(=O)N2CCOCC2)oc2ccccc12. The van der Waals surface area contributed by atoms with Crippen molar-refractivity contribution < 1.29 is 23.7 Å². The van der Waals surface area contributed by atoms with Crippen molar-refractivity contribution in [3.8, 4) is 0 Å². The summed E-state index contributed by atoms with van der Waals surface area (Å²) in [5.74, 6) is -1.05. The molecular weight excluding hydrogens is 408 g/mol. The number of nitro groups is 1. The monoisotopic (exact) mass is 426 g/mol. The third-order valence-corrected chi connectivity index (χ3v) is 4.85. The highest BCUT2D eigenvalue weighted by molar-refractivity contribution is 6.10. The first kappa shape index (κ1) is 20.3. The van der Waals surface area contributed by atoms with Crippen molar-refractivity contribution in [3.05, 3.63) is 68.8 Å². The third-order valence-electron chi connectivity index (χ3n) is 4.85. The molecule has 1 fully saturated rings. The van der Waals surface area contributed by atoms with Gasteiger partial charge in [-0.1, -0.05) is 12.1 Å². The lowest BCUT2D eigenvalue weighted by molar-refractivity contribution is -0.385. The van der Waals surface area contributed by atoms with Crippen LogP contribution < -0.4 is 10.9 Å². The number of amides is 2. The number of nitrogens with one attached hydrogen (secondary N) is 1. The van der Waals surface area contributed by atoms with Crippen LogP contribution in [-0.2, 0) is 16.1 Å². The number of carbonyl (C=O) groups is 2. The predicted molar refractivity (Wildman–Crippen MR) is 109 cm³/mol. The summed E-state index contributed by atoms with van der Waals surface area (Å²) >= 11 is 0. The summed E-state index contributed by atoms with van der Waals surface area (Å²) in [5.41, 5.74) is -0.274. The van der Waals surface area contributed by atoms with Crippen LogP contribution in [0.25, 0.3) is 11.0 Å². The van der Waals surface area contributed by atoms with Crippen molar-refractivity contribution in [3.63, 3.8) is 0 Å². The van der Waals surface area contributed by atoms with Gasteiger partial charge in [0.2, 0.25) is 11.7 Å². The summed E-state index contributed by atoms with van der Waals surface area (Å²) in [4.78, 5) is 49.5. The Bertz CT molecular complexity index is 1220. The normalized spacial score (nSPS) is 13.9. The van der Waals surface area contributed by atoms with Crippen molar-refractivity contribution in [2.75, 3.05) is 31.6 Å². The van der Waals surface area contributed by atoms with Crippen LogP contribution in [-0.4, -0.2) is 52.5 Å². The number of furan rings is 1. The molecule has 2 amide bonds. The minimum Gasteiger partial charge on any atom is -0.449 e. The second-order valence-corrected chi connectivity index (χ2v) is 6.87. The molecule has 0 aliphatic carbocycles. The molecule has 11 heteroatoms. The van der Waals surface area contributed by atoms with E-state index in [2.05, 4.69) is 5.32 Å². The second kappa shape index (κ2) is 8.40. The maximum Gasteiger partial charge on any atom is 0.291 e. The van der Waals surface area contributed by atoms with E-state index in [9.17, 15) is 24.5 Å². The lowest BCUT2D eigenvalue weighted by Crippen LogP contribution is -2.40. The van der Waals surface area contributed by atoms with Gasteiger partial charge >= 0.3 is 0 Å². The van der Waals surface area contributed by atoms with Gasteiger partial charge in [0.05, 0.1) is 24.3 Å². The molecule has 1 saturated heterocycles. The third kappa shape index (κ3) is 4.16. The Hall–Kier alpha value is -3.99. The molecule has 0 saturated carbocycles. The first-order chi connectivity index (χ1) is 14.9.